The van der Waals surface area contributed by atoms with Gasteiger partial charge in [-0.05, 0) is 37.1 Å². The topological polar surface area (TPSA) is 67.2 Å². The average molecular weight is 459 g/mol. The van der Waals surface area contributed by atoms with Crippen LogP contribution in [0.2, 0.25) is 0 Å². The van der Waals surface area contributed by atoms with Gasteiger partial charge in [0.2, 0.25) is 11.8 Å². The van der Waals surface area contributed by atoms with E-state index in [-0.39, 0.29) is 23.8 Å². The molecule has 0 radical (unpaired) electrons. The Morgan fingerprint density at radius 1 is 1.06 bits per heavy atom. The molecule has 6 nitrogen and oxygen atoms in total. The van der Waals surface area contributed by atoms with E-state index in [1.807, 2.05) is 74.5 Å². The molecule has 1 N–H and O–H groups in total. The molecule has 0 atom stereocenters. The number of carbonyl (C=O) groups excluding carboxylic acids is 2. The van der Waals surface area contributed by atoms with E-state index >= 15 is 0 Å². The third-order valence-corrected chi connectivity index (χ3v) is 5.38. The fraction of sp³-hybridized carbons (Fsp3) is 0.321. The van der Waals surface area contributed by atoms with Crippen molar-refractivity contribution in [1.82, 2.24) is 14.7 Å². The maximum absolute atomic E-state index is 13.0. The van der Waals surface area contributed by atoms with Gasteiger partial charge in [-0.1, -0.05) is 75.7 Å². The SMILES string of the molecule is CCCN(CC(=O)Nc1cc(C(C)(C)C)nn1-c1ccc(C)cc1)C(=O)C=Cc1ccccc1. The Hall–Kier alpha value is -3.67. The summed E-state index contributed by atoms with van der Waals surface area (Å²) in [6.45, 7) is 10.7. The molecular formula is C28H34N4O2. The predicted molar refractivity (Wildman–Crippen MR) is 138 cm³/mol. The minimum atomic E-state index is -0.261. The van der Waals surface area contributed by atoms with Gasteiger partial charge in [0, 0.05) is 24.1 Å². The number of nitrogens with zero attached hydrogens (tertiary/aromatic N) is 3. The van der Waals surface area contributed by atoms with Gasteiger partial charge in [-0.2, -0.15) is 5.10 Å². The largest absolute Gasteiger partial charge is 0.330 e. The molecule has 0 aliphatic rings. The van der Waals surface area contributed by atoms with Crippen LogP contribution in [0.5, 0.6) is 0 Å². The van der Waals surface area contributed by atoms with Crippen molar-refractivity contribution in [2.75, 3.05) is 18.4 Å². The molecule has 0 unspecified atom stereocenters. The molecule has 3 rings (SSSR count). The molecule has 1 heterocycles. The highest BCUT2D eigenvalue weighted by Crippen LogP contribution is 2.26. The second-order valence-corrected chi connectivity index (χ2v) is 9.46. The van der Waals surface area contributed by atoms with E-state index in [1.165, 1.54) is 6.08 Å². The van der Waals surface area contributed by atoms with Crippen LogP contribution >= 0.6 is 0 Å². The lowest BCUT2D eigenvalue weighted by atomic mass is 9.92. The summed E-state index contributed by atoms with van der Waals surface area (Å²) in [6.07, 6.45) is 4.05. The summed E-state index contributed by atoms with van der Waals surface area (Å²) >= 11 is 0. The van der Waals surface area contributed by atoms with Crippen molar-refractivity contribution in [2.24, 2.45) is 0 Å². The van der Waals surface area contributed by atoms with Crippen LogP contribution in [0.4, 0.5) is 5.82 Å². The van der Waals surface area contributed by atoms with Crippen LogP contribution in [0.15, 0.2) is 66.7 Å². The first-order chi connectivity index (χ1) is 16.2. The molecule has 6 heteroatoms. The third-order valence-electron chi connectivity index (χ3n) is 5.38. The number of hydrogen-bond donors (Lipinski definition) is 1. The zero-order chi connectivity index (χ0) is 24.7. The van der Waals surface area contributed by atoms with Gasteiger partial charge in [-0.3, -0.25) is 9.59 Å². The highest BCUT2D eigenvalue weighted by Gasteiger charge is 2.22. The number of amides is 2. The van der Waals surface area contributed by atoms with E-state index in [0.29, 0.717) is 12.4 Å². The standard InChI is InChI=1S/C28H34N4O2/c1-6-18-31(27(34)17-14-22-10-8-7-9-11-22)20-26(33)29-25-19-24(28(3,4)5)30-32(25)23-15-12-21(2)13-16-23/h7-17,19H,6,18,20H2,1-5H3,(H,29,33). The fourth-order valence-electron chi connectivity index (χ4n) is 3.45. The van der Waals surface area contributed by atoms with Crippen LogP contribution in [0.3, 0.4) is 0 Å². The Bertz CT molecular complexity index is 1140. The molecule has 0 spiro atoms. The normalized spacial score (nSPS) is 11.6. The number of nitrogens with one attached hydrogen (secondary N) is 1. The first kappa shape index (κ1) is 25.0. The van der Waals surface area contributed by atoms with Crippen LogP contribution in [0.1, 0.15) is 50.9 Å². The fourth-order valence-corrected chi connectivity index (χ4v) is 3.45. The Balaban J connectivity index is 1.78. The molecule has 2 aromatic carbocycles. The molecule has 3 aromatic rings. The molecule has 0 saturated carbocycles. The van der Waals surface area contributed by atoms with Crippen LogP contribution < -0.4 is 5.32 Å². The highest BCUT2D eigenvalue weighted by atomic mass is 16.2. The summed E-state index contributed by atoms with van der Waals surface area (Å²) in [5.41, 5.74) is 3.64. The van der Waals surface area contributed by atoms with Gasteiger partial charge in [0.1, 0.15) is 12.4 Å². The molecule has 0 bridgehead atoms. The Morgan fingerprint density at radius 2 is 1.74 bits per heavy atom. The molecule has 0 fully saturated rings. The zero-order valence-corrected chi connectivity index (χ0v) is 20.7. The first-order valence-electron chi connectivity index (χ1n) is 11.7. The van der Waals surface area contributed by atoms with E-state index in [0.717, 1.165) is 28.9 Å². The van der Waals surface area contributed by atoms with Gasteiger partial charge in [-0.15, -0.1) is 0 Å². The zero-order valence-electron chi connectivity index (χ0n) is 20.7. The molecule has 0 aliphatic carbocycles. The quantitative estimate of drug-likeness (QED) is 0.462. The Labute approximate surface area is 202 Å². The van der Waals surface area contributed by atoms with Gasteiger partial charge in [-0.25, -0.2) is 4.68 Å². The van der Waals surface area contributed by atoms with Crippen molar-refractivity contribution < 1.29 is 9.59 Å². The number of aromatic nitrogens is 2. The van der Waals surface area contributed by atoms with E-state index in [1.54, 1.807) is 15.7 Å². The monoisotopic (exact) mass is 458 g/mol. The summed E-state index contributed by atoms with van der Waals surface area (Å²) in [5, 5.41) is 7.74. The smallest absolute Gasteiger partial charge is 0.247 e. The second-order valence-electron chi connectivity index (χ2n) is 9.46. The van der Waals surface area contributed by atoms with E-state index in [9.17, 15) is 9.59 Å². The van der Waals surface area contributed by atoms with Gasteiger partial charge in [0.25, 0.3) is 0 Å². The number of aryl methyl sites for hydroxylation is 1. The Kier molecular flexibility index (Phi) is 8.05. The highest BCUT2D eigenvalue weighted by molar-refractivity contribution is 5.97. The van der Waals surface area contributed by atoms with Crippen molar-refractivity contribution in [3.8, 4) is 5.69 Å². The van der Waals surface area contributed by atoms with E-state index in [2.05, 4.69) is 26.1 Å². The first-order valence-corrected chi connectivity index (χ1v) is 11.7. The van der Waals surface area contributed by atoms with Gasteiger partial charge < -0.3 is 10.2 Å². The molecule has 2 amide bonds. The third kappa shape index (κ3) is 6.67. The van der Waals surface area contributed by atoms with Crippen LogP contribution in [0, 0.1) is 6.92 Å². The molecule has 1 aromatic heterocycles. The second kappa shape index (κ2) is 11.0. The lowest BCUT2D eigenvalue weighted by molar-refractivity contribution is -0.130. The van der Waals surface area contributed by atoms with Gasteiger partial charge in [0.05, 0.1) is 11.4 Å². The summed E-state index contributed by atoms with van der Waals surface area (Å²) in [5.74, 6) is 0.134. The Morgan fingerprint density at radius 3 is 2.35 bits per heavy atom. The van der Waals surface area contributed by atoms with Gasteiger partial charge >= 0.3 is 0 Å². The predicted octanol–water partition coefficient (Wildman–Crippen LogP) is 5.37. The maximum atomic E-state index is 13.0. The van der Waals surface area contributed by atoms with Crippen LogP contribution in [0.25, 0.3) is 11.8 Å². The molecular weight excluding hydrogens is 424 g/mol. The molecule has 0 saturated heterocycles. The summed E-state index contributed by atoms with van der Waals surface area (Å²) in [6, 6.07) is 19.5. The van der Waals surface area contributed by atoms with Crippen molar-refractivity contribution in [1.29, 1.82) is 0 Å². The lowest BCUT2D eigenvalue weighted by Crippen LogP contribution is -2.37. The van der Waals surface area contributed by atoms with Crippen molar-refractivity contribution in [3.63, 3.8) is 0 Å². The number of anilines is 1. The van der Waals surface area contributed by atoms with Gasteiger partial charge in [0.15, 0.2) is 0 Å². The maximum Gasteiger partial charge on any atom is 0.247 e. The molecule has 34 heavy (non-hydrogen) atoms. The van der Waals surface area contributed by atoms with Crippen LogP contribution in [-0.4, -0.2) is 39.6 Å². The summed E-state index contributed by atoms with van der Waals surface area (Å²) in [7, 11) is 0. The number of carbonyl (C=O) groups is 2. The van der Waals surface area contributed by atoms with Crippen molar-refractivity contribution >= 4 is 23.7 Å². The average Bonchev–Trinajstić information content (AvgIpc) is 3.22. The molecule has 0 aliphatic heterocycles. The minimum absolute atomic E-state index is 0.0320. The van der Waals surface area contributed by atoms with E-state index in [4.69, 9.17) is 5.10 Å². The minimum Gasteiger partial charge on any atom is -0.330 e. The van der Waals surface area contributed by atoms with E-state index < -0.39 is 0 Å². The summed E-state index contributed by atoms with van der Waals surface area (Å²) in [4.78, 5) is 27.4. The number of hydrogen-bond acceptors (Lipinski definition) is 3. The number of benzene rings is 2. The molecule has 178 valence electrons. The summed E-state index contributed by atoms with van der Waals surface area (Å²) < 4.78 is 1.75. The lowest BCUT2D eigenvalue weighted by Gasteiger charge is -2.20. The van der Waals surface area contributed by atoms with Crippen molar-refractivity contribution in [2.45, 2.75) is 46.5 Å². The van der Waals surface area contributed by atoms with Crippen LogP contribution in [-0.2, 0) is 15.0 Å². The van der Waals surface area contributed by atoms with Crippen molar-refractivity contribution in [3.05, 3.63) is 83.6 Å². The number of rotatable bonds is 8.